The third-order valence-corrected chi connectivity index (χ3v) is 2.04. The van der Waals surface area contributed by atoms with Gasteiger partial charge in [-0.15, -0.1) is 5.10 Å². The zero-order valence-electron chi connectivity index (χ0n) is 7.71. The van der Waals surface area contributed by atoms with Crippen LogP contribution in [0, 0.1) is 0 Å². The quantitative estimate of drug-likeness (QED) is 0.528. The first kappa shape index (κ1) is 8.92. The van der Waals surface area contributed by atoms with Crippen LogP contribution in [0.2, 0.25) is 0 Å². The maximum Gasteiger partial charge on any atom is 0.128 e. The van der Waals surface area contributed by atoms with Gasteiger partial charge in [0, 0.05) is 7.05 Å². The fraction of sp³-hybridized carbons (Fsp3) is 0.250. The molecule has 6 heteroatoms. The first-order chi connectivity index (χ1) is 6.83. The molecule has 0 aliphatic heterocycles. The van der Waals surface area contributed by atoms with Crippen molar-refractivity contribution in [2.75, 3.05) is 0 Å². The number of aryl methyl sites for hydroxylation is 1. The van der Waals surface area contributed by atoms with Crippen molar-refractivity contribution in [1.29, 1.82) is 0 Å². The largest absolute Gasteiger partial charge is 0.467 e. The Morgan fingerprint density at radius 1 is 1.64 bits per heavy atom. The fourth-order valence-corrected chi connectivity index (χ4v) is 1.33. The van der Waals surface area contributed by atoms with Crippen molar-refractivity contribution in [1.82, 2.24) is 20.4 Å². The monoisotopic (exact) mass is 193 g/mol. The van der Waals surface area contributed by atoms with Gasteiger partial charge in [-0.1, -0.05) is 5.21 Å². The summed E-state index contributed by atoms with van der Waals surface area (Å²) in [5, 5.41) is 7.60. The van der Waals surface area contributed by atoms with E-state index >= 15 is 0 Å². The van der Waals surface area contributed by atoms with E-state index in [-0.39, 0.29) is 6.04 Å². The highest BCUT2D eigenvalue weighted by Crippen LogP contribution is 2.19. The molecular weight excluding hydrogens is 182 g/mol. The van der Waals surface area contributed by atoms with Crippen LogP contribution in [0.1, 0.15) is 17.5 Å². The van der Waals surface area contributed by atoms with Crippen LogP contribution in [-0.2, 0) is 7.05 Å². The van der Waals surface area contributed by atoms with Crippen molar-refractivity contribution < 1.29 is 4.42 Å². The zero-order chi connectivity index (χ0) is 9.97. The van der Waals surface area contributed by atoms with Crippen LogP contribution >= 0.6 is 0 Å². The Morgan fingerprint density at radius 3 is 3.00 bits per heavy atom. The van der Waals surface area contributed by atoms with Crippen LogP contribution in [0.5, 0.6) is 0 Å². The summed E-state index contributed by atoms with van der Waals surface area (Å²) in [4.78, 5) is 0. The van der Waals surface area contributed by atoms with E-state index in [1.807, 2.05) is 12.1 Å². The van der Waals surface area contributed by atoms with Gasteiger partial charge in [-0.2, -0.15) is 0 Å². The summed E-state index contributed by atoms with van der Waals surface area (Å²) in [6, 6.07) is 3.44. The van der Waals surface area contributed by atoms with Crippen molar-refractivity contribution in [3.05, 3.63) is 36.0 Å². The molecule has 2 rings (SSSR count). The molecule has 1 atom stereocenters. The fourth-order valence-electron chi connectivity index (χ4n) is 1.33. The SMILES string of the molecule is Cn1nncc1C(NN)c1ccco1. The summed E-state index contributed by atoms with van der Waals surface area (Å²) in [5.74, 6) is 6.18. The molecule has 0 radical (unpaired) electrons. The van der Waals surface area contributed by atoms with E-state index < -0.39 is 0 Å². The third kappa shape index (κ3) is 1.40. The van der Waals surface area contributed by atoms with E-state index in [0.29, 0.717) is 0 Å². The molecule has 0 fully saturated rings. The topological polar surface area (TPSA) is 81.9 Å². The predicted molar refractivity (Wildman–Crippen MR) is 48.9 cm³/mol. The van der Waals surface area contributed by atoms with Crippen LogP contribution in [0.3, 0.4) is 0 Å². The van der Waals surface area contributed by atoms with Gasteiger partial charge in [-0.25, -0.2) is 5.43 Å². The maximum atomic E-state index is 5.45. The van der Waals surface area contributed by atoms with Crippen molar-refractivity contribution in [2.24, 2.45) is 12.9 Å². The number of rotatable bonds is 3. The van der Waals surface area contributed by atoms with Crippen LogP contribution < -0.4 is 11.3 Å². The molecule has 0 amide bonds. The van der Waals surface area contributed by atoms with Gasteiger partial charge in [0.2, 0.25) is 0 Å². The molecule has 1 unspecified atom stereocenters. The summed E-state index contributed by atoms with van der Waals surface area (Å²) < 4.78 is 6.90. The number of nitrogens with two attached hydrogens (primary N) is 1. The van der Waals surface area contributed by atoms with Gasteiger partial charge in [-0.3, -0.25) is 10.5 Å². The Bertz CT molecular complexity index is 394. The third-order valence-electron chi connectivity index (χ3n) is 2.04. The Kier molecular flexibility index (Phi) is 2.30. The minimum absolute atomic E-state index is 0.218. The molecule has 0 aliphatic rings. The minimum Gasteiger partial charge on any atom is -0.467 e. The average molecular weight is 193 g/mol. The number of hydrazine groups is 1. The molecule has 2 aromatic heterocycles. The molecule has 14 heavy (non-hydrogen) atoms. The van der Waals surface area contributed by atoms with Crippen LogP contribution in [0.25, 0.3) is 0 Å². The molecule has 0 bridgehead atoms. The summed E-state index contributed by atoms with van der Waals surface area (Å²) in [7, 11) is 1.80. The number of furan rings is 1. The molecule has 6 nitrogen and oxygen atoms in total. The van der Waals surface area contributed by atoms with Crippen molar-refractivity contribution in [2.45, 2.75) is 6.04 Å². The molecule has 2 heterocycles. The molecule has 3 N–H and O–H groups in total. The Labute approximate surface area is 80.7 Å². The normalized spacial score (nSPS) is 13.0. The van der Waals surface area contributed by atoms with Crippen molar-refractivity contribution >= 4 is 0 Å². The number of hydrogen-bond acceptors (Lipinski definition) is 5. The van der Waals surface area contributed by atoms with Crippen LogP contribution in [-0.4, -0.2) is 15.0 Å². The van der Waals surface area contributed by atoms with E-state index in [0.717, 1.165) is 11.5 Å². The first-order valence-electron chi connectivity index (χ1n) is 4.17. The van der Waals surface area contributed by atoms with E-state index in [2.05, 4.69) is 15.7 Å². The maximum absolute atomic E-state index is 5.45. The molecule has 0 aliphatic carbocycles. The van der Waals surface area contributed by atoms with Crippen LogP contribution in [0.15, 0.2) is 29.0 Å². The van der Waals surface area contributed by atoms with E-state index in [9.17, 15) is 0 Å². The number of nitrogens with zero attached hydrogens (tertiary/aromatic N) is 3. The standard InChI is InChI=1S/C8H11N5O/c1-13-6(5-10-12-13)8(11-9)7-3-2-4-14-7/h2-5,8,11H,9H2,1H3. The highest BCUT2D eigenvalue weighted by atomic mass is 16.3. The number of nitrogens with one attached hydrogen (secondary N) is 1. The summed E-state index contributed by atoms with van der Waals surface area (Å²) in [6.45, 7) is 0. The second-order valence-corrected chi connectivity index (χ2v) is 2.90. The number of hydrogen-bond donors (Lipinski definition) is 2. The lowest BCUT2D eigenvalue weighted by Crippen LogP contribution is -2.30. The van der Waals surface area contributed by atoms with Crippen molar-refractivity contribution in [3.8, 4) is 0 Å². The molecule has 0 saturated heterocycles. The highest BCUT2D eigenvalue weighted by molar-refractivity contribution is 5.17. The summed E-state index contributed by atoms with van der Waals surface area (Å²) in [6.07, 6.45) is 3.25. The van der Waals surface area contributed by atoms with Gasteiger partial charge in [0.05, 0.1) is 18.2 Å². The summed E-state index contributed by atoms with van der Waals surface area (Å²) >= 11 is 0. The lowest BCUT2D eigenvalue weighted by atomic mass is 10.2. The van der Waals surface area contributed by atoms with Gasteiger partial charge in [-0.05, 0) is 12.1 Å². The predicted octanol–water partition coefficient (Wildman–Crippen LogP) is -0.0392. The number of aromatic nitrogens is 3. The van der Waals surface area contributed by atoms with Gasteiger partial charge < -0.3 is 4.42 Å². The van der Waals surface area contributed by atoms with Gasteiger partial charge in [0.25, 0.3) is 0 Å². The molecule has 0 aromatic carbocycles. The smallest absolute Gasteiger partial charge is 0.128 e. The molecule has 0 saturated carbocycles. The molecule has 2 aromatic rings. The van der Waals surface area contributed by atoms with E-state index in [1.165, 1.54) is 0 Å². The van der Waals surface area contributed by atoms with E-state index in [4.69, 9.17) is 10.3 Å². The minimum atomic E-state index is -0.218. The van der Waals surface area contributed by atoms with Gasteiger partial charge >= 0.3 is 0 Å². The highest BCUT2D eigenvalue weighted by Gasteiger charge is 2.18. The van der Waals surface area contributed by atoms with Crippen LogP contribution in [0.4, 0.5) is 0 Å². The van der Waals surface area contributed by atoms with Crippen molar-refractivity contribution in [3.63, 3.8) is 0 Å². The Balaban J connectivity index is 2.36. The lowest BCUT2D eigenvalue weighted by molar-refractivity contribution is 0.437. The first-order valence-corrected chi connectivity index (χ1v) is 4.17. The average Bonchev–Trinajstić information content (AvgIpc) is 2.80. The molecule has 74 valence electrons. The van der Waals surface area contributed by atoms with Gasteiger partial charge in [0.1, 0.15) is 11.8 Å². The lowest BCUT2D eigenvalue weighted by Gasteiger charge is -2.12. The van der Waals surface area contributed by atoms with Gasteiger partial charge in [0.15, 0.2) is 0 Å². The second-order valence-electron chi connectivity index (χ2n) is 2.90. The molecular formula is C8H11N5O. The zero-order valence-corrected chi connectivity index (χ0v) is 7.71. The Hall–Kier alpha value is -1.66. The summed E-state index contributed by atoms with van der Waals surface area (Å²) in [5.41, 5.74) is 3.50. The molecule has 0 spiro atoms. The van der Waals surface area contributed by atoms with E-state index in [1.54, 1.807) is 24.2 Å². The Morgan fingerprint density at radius 2 is 2.50 bits per heavy atom. The second kappa shape index (κ2) is 3.60.